The van der Waals surface area contributed by atoms with Gasteiger partial charge in [-0.15, -0.1) is 0 Å². The van der Waals surface area contributed by atoms with Gasteiger partial charge in [0.05, 0.1) is 13.7 Å². The van der Waals surface area contributed by atoms with Crippen LogP contribution in [0.3, 0.4) is 0 Å². The summed E-state index contributed by atoms with van der Waals surface area (Å²) in [6.07, 6.45) is 3.84. The van der Waals surface area contributed by atoms with E-state index in [0.717, 1.165) is 34.3 Å². The Kier molecular flexibility index (Phi) is 4.06. The van der Waals surface area contributed by atoms with Crippen LogP contribution in [0.5, 0.6) is 11.5 Å². The average Bonchev–Trinajstić information content (AvgIpc) is 3.23. The Morgan fingerprint density at radius 2 is 1.67 bits per heavy atom. The first-order valence-electron chi connectivity index (χ1n) is 12.0. The number of nitrogens with zero attached hydrogens (tertiary/aromatic N) is 1. The Labute approximate surface area is 195 Å². The van der Waals surface area contributed by atoms with Crippen molar-refractivity contribution in [2.45, 2.75) is 58.8 Å². The van der Waals surface area contributed by atoms with Crippen LogP contribution in [0, 0.1) is 10.8 Å². The molecule has 4 heteroatoms. The highest BCUT2D eigenvalue weighted by atomic mass is 19.2. The largest absolute Gasteiger partial charge is 0.507 e. The van der Waals surface area contributed by atoms with E-state index in [9.17, 15) is 9.59 Å². The van der Waals surface area contributed by atoms with Crippen LogP contribution >= 0.6 is 0 Å². The number of ether oxygens (including phenoxy) is 1. The third-order valence-electron chi connectivity index (χ3n) is 8.21. The van der Waals surface area contributed by atoms with E-state index < -0.39 is 0 Å². The van der Waals surface area contributed by atoms with E-state index in [2.05, 4.69) is 52.0 Å². The lowest BCUT2D eigenvalue weighted by molar-refractivity contribution is 0.0645. The van der Waals surface area contributed by atoms with Crippen molar-refractivity contribution < 1.29 is 14.3 Å². The molecule has 3 nitrogen and oxygen atoms in total. The van der Waals surface area contributed by atoms with Crippen LogP contribution in [0.15, 0.2) is 36.4 Å². The number of anilines is 1. The van der Waals surface area contributed by atoms with Crippen LogP contribution in [-0.2, 0) is 11.8 Å². The summed E-state index contributed by atoms with van der Waals surface area (Å²) in [7, 11) is 1.56. The predicted octanol–water partition coefficient (Wildman–Crippen LogP) is 7.30. The number of halogens is 1. The summed E-state index contributed by atoms with van der Waals surface area (Å²) in [5, 5.41) is 13.9. The summed E-state index contributed by atoms with van der Waals surface area (Å²) in [6.45, 7) is 9.81. The molecule has 3 aromatic carbocycles. The maximum absolute atomic E-state index is 14.9. The molecule has 1 saturated carbocycles. The van der Waals surface area contributed by atoms with Gasteiger partial charge in [0.15, 0.2) is 0 Å². The normalized spacial score (nSPS) is 21.2. The molecule has 1 heterocycles. The third-order valence-corrected chi connectivity index (χ3v) is 8.21. The molecule has 33 heavy (non-hydrogen) atoms. The molecule has 0 unspecified atom stereocenters. The minimum absolute atomic E-state index is 0.163. The zero-order valence-electron chi connectivity index (χ0n) is 20.2. The fourth-order valence-electron chi connectivity index (χ4n) is 8.02. The Bertz CT molecular complexity index is 1310. The van der Waals surface area contributed by atoms with Gasteiger partial charge in [-0.3, -0.25) is 0 Å². The van der Waals surface area contributed by atoms with Crippen molar-refractivity contribution in [1.29, 1.82) is 0 Å². The van der Waals surface area contributed by atoms with Crippen LogP contribution in [0.25, 0.3) is 21.9 Å². The zero-order valence-corrected chi connectivity index (χ0v) is 20.2. The SMILES string of the molecule is COc1cc2c(O)cc3c(c2c2c1N(F)CC2)-c1ccccc1C31CC(C)(C)CC(C)(C)C1. The van der Waals surface area contributed by atoms with Crippen LogP contribution < -0.4 is 9.86 Å². The van der Waals surface area contributed by atoms with E-state index in [1.807, 2.05) is 12.1 Å². The van der Waals surface area contributed by atoms with E-state index in [1.54, 1.807) is 7.11 Å². The van der Waals surface area contributed by atoms with Gasteiger partial charge in [-0.2, -0.15) is 0 Å². The van der Waals surface area contributed by atoms with Crippen LogP contribution in [0.1, 0.15) is 63.6 Å². The molecular weight excluding hydrogens is 413 g/mol. The van der Waals surface area contributed by atoms with Crippen molar-refractivity contribution >= 4 is 16.5 Å². The fourth-order valence-corrected chi connectivity index (χ4v) is 8.02. The smallest absolute Gasteiger partial charge is 0.145 e. The van der Waals surface area contributed by atoms with Crippen LogP contribution in [0.4, 0.5) is 10.2 Å². The third kappa shape index (κ3) is 2.73. The monoisotopic (exact) mass is 445 g/mol. The molecule has 0 bridgehead atoms. The number of hydrogen-bond donors (Lipinski definition) is 1. The fraction of sp³-hybridized carbons (Fsp3) is 0.448. The molecule has 1 N–H and O–H groups in total. The molecule has 0 amide bonds. The molecule has 0 atom stereocenters. The van der Waals surface area contributed by atoms with Gasteiger partial charge in [-0.25, -0.2) is 5.12 Å². The maximum Gasteiger partial charge on any atom is 0.145 e. The lowest BCUT2D eigenvalue weighted by Crippen LogP contribution is -2.43. The number of benzene rings is 3. The first-order chi connectivity index (χ1) is 15.6. The standard InChI is InChI=1S/C29H32FNO2/c1-27(2)14-28(3,4)16-29(15-27)20-9-7-6-8-17(20)25-21(29)13-22(32)19-12-23(33-5)26-18(24(19)25)10-11-31(26)30/h6-9,12-13,32H,10-11,14-16H2,1-5H3. The summed E-state index contributed by atoms with van der Waals surface area (Å²) < 4.78 is 20.4. The highest BCUT2D eigenvalue weighted by Crippen LogP contribution is 2.65. The van der Waals surface area contributed by atoms with Gasteiger partial charge in [0, 0.05) is 10.8 Å². The van der Waals surface area contributed by atoms with Crippen molar-refractivity contribution in [1.82, 2.24) is 0 Å². The molecule has 1 fully saturated rings. The number of phenolic OH excluding ortho intramolecular Hbond substituents is 1. The first kappa shape index (κ1) is 20.8. The number of fused-ring (bicyclic) bond motifs is 9. The van der Waals surface area contributed by atoms with Gasteiger partial charge in [0.1, 0.15) is 17.2 Å². The second-order valence-corrected chi connectivity index (χ2v) is 12.0. The molecule has 1 aliphatic heterocycles. The van der Waals surface area contributed by atoms with Crippen molar-refractivity contribution in [2.75, 3.05) is 18.8 Å². The van der Waals surface area contributed by atoms with E-state index >= 15 is 0 Å². The summed E-state index contributed by atoms with van der Waals surface area (Å²) >= 11 is 0. The Morgan fingerprint density at radius 1 is 0.970 bits per heavy atom. The van der Waals surface area contributed by atoms with E-state index in [1.165, 1.54) is 28.7 Å². The molecule has 3 aliphatic rings. The second-order valence-electron chi connectivity index (χ2n) is 12.0. The highest BCUT2D eigenvalue weighted by molar-refractivity contribution is 6.10. The molecule has 0 aromatic heterocycles. The van der Waals surface area contributed by atoms with Crippen LogP contribution in [0.2, 0.25) is 0 Å². The molecule has 6 rings (SSSR count). The van der Waals surface area contributed by atoms with Gasteiger partial charge in [0.25, 0.3) is 0 Å². The summed E-state index contributed by atoms with van der Waals surface area (Å²) in [5.74, 6) is 0.740. The second kappa shape index (κ2) is 6.43. The number of methoxy groups -OCH3 is 1. The molecule has 0 radical (unpaired) electrons. The quantitative estimate of drug-likeness (QED) is 0.399. The molecular formula is C29H32FNO2. The minimum Gasteiger partial charge on any atom is -0.507 e. The summed E-state index contributed by atoms with van der Waals surface area (Å²) in [6, 6.07) is 12.5. The van der Waals surface area contributed by atoms with Gasteiger partial charge in [0.2, 0.25) is 0 Å². The van der Waals surface area contributed by atoms with Gasteiger partial charge < -0.3 is 9.84 Å². The molecule has 2 aliphatic carbocycles. The summed E-state index contributed by atoms with van der Waals surface area (Å²) in [5.41, 5.74) is 6.60. The van der Waals surface area contributed by atoms with E-state index in [0.29, 0.717) is 24.4 Å². The predicted molar refractivity (Wildman–Crippen MR) is 132 cm³/mol. The number of phenols is 1. The molecule has 0 saturated heterocycles. The minimum atomic E-state index is -0.163. The lowest BCUT2D eigenvalue weighted by Gasteiger charge is -2.51. The molecule has 3 aromatic rings. The van der Waals surface area contributed by atoms with E-state index in [4.69, 9.17) is 4.74 Å². The van der Waals surface area contributed by atoms with Crippen molar-refractivity contribution in [3.8, 4) is 22.6 Å². The molecule has 1 spiro atoms. The number of aromatic hydroxyl groups is 1. The zero-order chi connectivity index (χ0) is 23.3. The van der Waals surface area contributed by atoms with Crippen LogP contribution in [-0.4, -0.2) is 18.8 Å². The van der Waals surface area contributed by atoms with E-state index in [-0.39, 0.29) is 22.0 Å². The lowest BCUT2D eigenvalue weighted by atomic mass is 9.52. The summed E-state index contributed by atoms with van der Waals surface area (Å²) in [4.78, 5) is 0. The first-order valence-corrected chi connectivity index (χ1v) is 12.0. The van der Waals surface area contributed by atoms with Crippen molar-refractivity contribution in [2.24, 2.45) is 10.8 Å². The Balaban J connectivity index is 1.77. The highest BCUT2D eigenvalue weighted by Gasteiger charge is 2.54. The van der Waals surface area contributed by atoms with Crippen molar-refractivity contribution in [3.05, 3.63) is 53.1 Å². The van der Waals surface area contributed by atoms with Crippen molar-refractivity contribution in [3.63, 3.8) is 0 Å². The van der Waals surface area contributed by atoms with Gasteiger partial charge >= 0.3 is 0 Å². The number of rotatable bonds is 1. The van der Waals surface area contributed by atoms with Gasteiger partial charge in [-0.05, 0) is 81.8 Å². The topological polar surface area (TPSA) is 32.7 Å². The Morgan fingerprint density at radius 3 is 2.36 bits per heavy atom. The average molecular weight is 446 g/mol. The Hall–Kier alpha value is -2.75. The van der Waals surface area contributed by atoms with Gasteiger partial charge in [-0.1, -0.05) is 56.4 Å². The maximum atomic E-state index is 14.9. The number of hydrogen-bond acceptors (Lipinski definition) is 3. The molecule has 172 valence electrons.